The summed E-state index contributed by atoms with van der Waals surface area (Å²) in [5, 5.41) is 5.41. The Morgan fingerprint density at radius 2 is 2.03 bits per heavy atom. The van der Waals surface area contributed by atoms with Gasteiger partial charge in [0.2, 0.25) is 0 Å². The number of urea groups is 1. The van der Waals surface area contributed by atoms with E-state index in [0.29, 0.717) is 17.9 Å². The molecule has 9 heteroatoms. The molecule has 1 aliphatic carbocycles. The molecule has 1 aliphatic heterocycles. The molecule has 0 unspecified atom stereocenters. The molecule has 1 heterocycles. The van der Waals surface area contributed by atoms with Crippen LogP contribution in [-0.4, -0.2) is 54.0 Å². The SMILES string of the molecule is COc1ccccc1NC(=O)[C@H](C)OC(=O)CN1C(=O)N[C@]2(CCCC[C@@H]2C)C1=O. The maximum absolute atomic E-state index is 12.9. The number of hydrogen-bond donors (Lipinski definition) is 2. The third-order valence-corrected chi connectivity index (χ3v) is 5.83. The number of methoxy groups -OCH3 is 1. The lowest BCUT2D eigenvalue weighted by molar-refractivity contribution is -0.155. The molecule has 2 aliphatic rings. The number of hydrogen-bond acceptors (Lipinski definition) is 6. The van der Waals surface area contributed by atoms with Gasteiger partial charge in [-0.05, 0) is 37.8 Å². The Balaban J connectivity index is 1.59. The average Bonchev–Trinajstić information content (AvgIpc) is 2.95. The van der Waals surface area contributed by atoms with Crippen molar-refractivity contribution in [2.24, 2.45) is 5.92 Å². The molecule has 0 radical (unpaired) electrons. The minimum absolute atomic E-state index is 0.00530. The van der Waals surface area contributed by atoms with Gasteiger partial charge in [0.15, 0.2) is 6.10 Å². The van der Waals surface area contributed by atoms with Crippen molar-refractivity contribution in [2.45, 2.75) is 51.2 Å². The van der Waals surface area contributed by atoms with Gasteiger partial charge in [-0.15, -0.1) is 0 Å². The number of rotatable bonds is 6. The van der Waals surface area contributed by atoms with Gasteiger partial charge in [0, 0.05) is 0 Å². The van der Waals surface area contributed by atoms with E-state index in [-0.39, 0.29) is 5.92 Å². The van der Waals surface area contributed by atoms with E-state index in [1.54, 1.807) is 24.3 Å². The van der Waals surface area contributed by atoms with Crippen molar-refractivity contribution in [1.82, 2.24) is 10.2 Å². The van der Waals surface area contributed by atoms with Crippen LogP contribution in [0, 0.1) is 5.92 Å². The first-order valence-electron chi connectivity index (χ1n) is 10.1. The van der Waals surface area contributed by atoms with Gasteiger partial charge < -0.3 is 20.1 Å². The molecule has 162 valence electrons. The van der Waals surface area contributed by atoms with Crippen LogP contribution < -0.4 is 15.4 Å². The molecule has 30 heavy (non-hydrogen) atoms. The number of ether oxygens (including phenoxy) is 2. The van der Waals surface area contributed by atoms with E-state index in [1.165, 1.54) is 14.0 Å². The highest BCUT2D eigenvalue weighted by molar-refractivity contribution is 6.09. The number of benzene rings is 1. The zero-order chi connectivity index (χ0) is 21.9. The van der Waals surface area contributed by atoms with Gasteiger partial charge in [-0.25, -0.2) is 4.79 Å². The quantitative estimate of drug-likeness (QED) is 0.541. The van der Waals surface area contributed by atoms with E-state index in [9.17, 15) is 19.2 Å². The third-order valence-electron chi connectivity index (χ3n) is 5.83. The van der Waals surface area contributed by atoms with Gasteiger partial charge in [-0.3, -0.25) is 19.3 Å². The van der Waals surface area contributed by atoms with Crippen LogP contribution >= 0.6 is 0 Å². The van der Waals surface area contributed by atoms with Crippen LogP contribution in [0.2, 0.25) is 0 Å². The summed E-state index contributed by atoms with van der Waals surface area (Å²) in [6, 6.07) is 6.23. The number of para-hydroxylation sites is 2. The molecule has 2 fully saturated rings. The Kier molecular flexibility index (Phi) is 6.28. The molecule has 3 atom stereocenters. The van der Waals surface area contributed by atoms with Crippen molar-refractivity contribution in [3.8, 4) is 5.75 Å². The Bertz CT molecular complexity index is 857. The van der Waals surface area contributed by atoms with Crippen molar-refractivity contribution in [3.05, 3.63) is 24.3 Å². The largest absolute Gasteiger partial charge is 0.495 e. The first kappa shape index (κ1) is 21.6. The Hall–Kier alpha value is -3.10. The molecule has 9 nitrogen and oxygen atoms in total. The van der Waals surface area contributed by atoms with E-state index < -0.39 is 42.0 Å². The second kappa shape index (κ2) is 8.73. The molecule has 1 saturated carbocycles. The fourth-order valence-electron chi connectivity index (χ4n) is 4.04. The van der Waals surface area contributed by atoms with E-state index in [2.05, 4.69) is 10.6 Å². The molecular formula is C21H27N3O6. The van der Waals surface area contributed by atoms with Gasteiger partial charge >= 0.3 is 12.0 Å². The number of nitrogens with one attached hydrogen (secondary N) is 2. The van der Waals surface area contributed by atoms with Crippen molar-refractivity contribution in [1.29, 1.82) is 0 Å². The monoisotopic (exact) mass is 417 g/mol. The van der Waals surface area contributed by atoms with Crippen molar-refractivity contribution in [3.63, 3.8) is 0 Å². The Morgan fingerprint density at radius 1 is 1.30 bits per heavy atom. The zero-order valence-electron chi connectivity index (χ0n) is 17.4. The van der Waals surface area contributed by atoms with Crippen LogP contribution in [0.3, 0.4) is 0 Å². The number of carbonyl (C=O) groups excluding carboxylic acids is 4. The molecule has 0 bridgehead atoms. The van der Waals surface area contributed by atoms with Gasteiger partial charge in [0.1, 0.15) is 17.8 Å². The normalized spacial score (nSPS) is 24.4. The van der Waals surface area contributed by atoms with Gasteiger partial charge in [-0.1, -0.05) is 31.9 Å². The minimum atomic E-state index is -1.12. The fourth-order valence-corrected chi connectivity index (χ4v) is 4.04. The Labute approximate surface area is 175 Å². The van der Waals surface area contributed by atoms with Crippen LogP contribution in [0.15, 0.2) is 24.3 Å². The topological polar surface area (TPSA) is 114 Å². The fraction of sp³-hybridized carbons (Fsp3) is 0.524. The van der Waals surface area contributed by atoms with E-state index >= 15 is 0 Å². The number of nitrogens with zero attached hydrogens (tertiary/aromatic N) is 1. The minimum Gasteiger partial charge on any atom is -0.495 e. The number of imide groups is 1. The lowest BCUT2D eigenvalue weighted by atomic mass is 9.73. The molecule has 2 N–H and O–H groups in total. The zero-order valence-corrected chi connectivity index (χ0v) is 17.4. The lowest BCUT2D eigenvalue weighted by Gasteiger charge is -2.36. The summed E-state index contributed by atoms with van der Waals surface area (Å²) >= 11 is 0. The van der Waals surface area contributed by atoms with E-state index in [0.717, 1.165) is 24.2 Å². The molecule has 1 aromatic carbocycles. The standard InChI is InChI=1S/C21H27N3O6/c1-13-8-6-7-11-21(13)19(27)24(20(28)23-21)12-17(25)30-14(2)18(26)22-15-9-4-5-10-16(15)29-3/h4-5,9-10,13-14H,6-8,11-12H2,1-3H3,(H,22,26)(H,23,28)/t13-,14-,21-/m0/s1. The predicted octanol–water partition coefficient (Wildman–Crippen LogP) is 2.07. The maximum atomic E-state index is 12.9. The maximum Gasteiger partial charge on any atom is 0.327 e. The van der Waals surface area contributed by atoms with Crippen LogP contribution in [0.25, 0.3) is 0 Å². The van der Waals surface area contributed by atoms with Crippen molar-refractivity contribution in [2.75, 3.05) is 19.0 Å². The highest BCUT2D eigenvalue weighted by Crippen LogP contribution is 2.38. The van der Waals surface area contributed by atoms with Crippen LogP contribution in [0.1, 0.15) is 39.5 Å². The van der Waals surface area contributed by atoms with Crippen LogP contribution in [0.5, 0.6) is 5.75 Å². The summed E-state index contributed by atoms with van der Waals surface area (Å²) in [6.07, 6.45) is 2.12. The molecule has 0 aromatic heterocycles. The van der Waals surface area contributed by atoms with Crippen LogP contribution in [-0.2, 0) is 19.1 Å². The van der Waals surface area contributed by atoms with Crippen LogP contribution in [0.4, 0.5) is 10.5 Å². The summed E-state index contributed by atoms with van der Waals surface area (Å²) in [6.45, 7) is 2.81. The highest BCUT2D eigenvalue weighted by Gasteiger charge is 2.55. The van der Waals surface area contributed by atoms with E-state index in [1.807, 2.05) is 6.92 Å². The number of carbonyl (C=O) groups is 4. The number of esters is 1. The Morgan fingerprint density at radius 3 is 2.73 bits per heavy atom. The summed E-state index contributed by atoms with van der Waals surface area (Å²) in [5.74, 6) is -1.32. The number of amides is 4. The second-order valence-corrected chi connectivity index (χ2v) is 7.76. The predicted molar refractivity (Wildman–Crippen MR) is 108 cm³/mol. The summed E-state index contributed by atoms with van der Waals surface area (Å²) < 4.78 is 10.3. The average molecular weight is 417 g/mol. The molecule has 4 amide bonds. The summed E-state index contributed by atoms with van der Waals surface area (Å²) in [7, 11) is 1.48. The molecule has 1 spiro atoms. The lowest BCUT2D eigenvalue weighted by Crippen LogP contribution is -2.54. The van der Waals surface area contributed by atoms with Gasteiger partial charge in [0.25, 0.3) is 11.8 Å². The highest BCUT2D eigenvalue weighted by atomic mass is 16.5. The molecular weight excluding hydrogens is 390 g/mol. The van der Waals surface area contributed by atoms with Gasteiger partial charge in [0.05, 0.1) is 12.8 Å². The first-order valence-corrected chi connectivity index (χ1v) is 10.1. The van der Waals surface area contributed by atoms with Gasteiger partial charge in [-0.2, -0.15) is 0 Å². The molecule has 1 aromatic rings. The number of anilines is 1. The smallest absolute Gasteiger partial charge is 0.327 e. The first-order chi connectivity index (χ1) is 14.3. The third kappa shape index (κ3) is 4.10. The van der Waals surface area contributed by atoms with Crippen molar-refractivity contribution < 1.29 is 28.7 Å². The second-order valence-electron chi connectivity index (χ2n) is 7.76. The molecule has 1 saturated heterocycles. The summed E-state index contributed by atoms with van der Waals surface area (Å²) in [5.41, 5.74) is -0.502. The summed E-state index contributed by atoms with van der Waals surface area (Å²) in [4.78, 5) is 50.9. The van der Waals surface area contributed by atoms with E-state index in [4.69, 9.17) is 9.47 Å². The molecule has 3 rings (SSSR count). The van der Waals surface area contributed by atoms with Crippen molar-refractivity contribution >= 4 is 29.5 Å².